The summed E-state index contributed by atoms with van der Waals surface area (Å²) in [6, 6.07) is 7.52. The van der Waals surface area contributed by atoms with E-state index < -0.39 is 0 Å². The lowest BCUT2D eigenvalue weighted by Crippen LogP contribution is -2.41. The molecule has 0 spiro atoms. The van der Waals surface area contributed by atoms with Crippen LogP contribution >= 0.6 is 0 Å². The SMILES string of the molecule is CCn1cnnc1-c1ccccc1NC(=O)N1CCC(CO)CC1. The van der Waals surface area contributed by atoms with Gasteiger partial charge in [-0.05, 0) is 37.8 Å². The van der Waals surface area contributed by atoms with Crippen LogP contribution in [0.1, 0.15) is 19.8 Å². The third kappa shape index (κ3) is 3.41. The highest BCUT2D eigenvalue weighted by atomic mass is 16.3. The molecule has 128 valence electrons. The summed E-state index contributed by atoms with van der Waals surface area (Å²) >= 11 is 0. The number of amides is 2. The monoisotopic (exact) mass is 329 g/mol. The van der Waals surface area contributed by atoms with Gasteiger partial charge in [0.05, 0.1) is 5.69 Å². The van der Waals surface area contributed by atoms with Crippen LogP contribution in [0.3, 0.4) is 0 Å². The number of aliphatic hydroxyl groups excluding tert-OH is 1. The van der Waals surface area contributed by atoms with Crippen molar-refractivity contribution < 1.29 is 9.90 Å². The fourth-order valence-corrected chi connectivity index (χ4v) is 2.99. The standard InChI is InChI=1S/C17H23N5O2/c1-2-21-12-18-20-16(21)14-5-3-4-6-15(14)19-17(24)22-9-7-13(11-23)8-10-22/h3-6,12-13,23H,2,7-11H2,1H3,(H,19,24). The maximum Gasteiger partial charge on any atom is 0.321 e. The third-order valence-corrected chi connectivity index (χ3v) is 4.53. The van der Waals surface area contributed by atoms with E-state index in [0.717, 1.165) is 36.5 Å². The summed E-state index contributed by atoms with van der Waals surface area (Å²) in [6.45, 7) is 4.33. The molecule has 2 amide bonds. The zero-order chi connectivity index (χ0) is 16.9. The number of likely N-dealkylation sites (tertiary alicyclic amines) is 1. The van der Waals surface area contributed by atoms with Crippen LogP contribution in [0.2, 0.25) is 0 Å². The number of urea groups is 1. The Kier molecular flexibility index (Phi) is 5.10. The number of nitrogens with zero attached hydrogens (tertiary/aromatic N) is 4. The lowest BCUT2D eigenvalue weighted by atomic mass is 9.98. The van der Waals surface area contributed by atoms with Gasteiger partial charge in [0.2, 0.25) is 0 Å². The second kappa shape index (κ2) is 7.44. The van der Waals surface area contributed by atoms with Crippen molar-refractivity contribution in [3.63, 3.8) is 0 Å². The molecule has 2 N–H and O–H groups in total. The Morgan fingerprint density at radius 1 is 1.33 bits per heavy atom. The quantitative estimate of drug-likeness (QED) is 0.901. The van der Waals surface area contributed by atoms with Gasteiger partial charge in [-0.15, -0.1) is 10.2 Å². The number of nitrogens with one attached hydrogen (secondary N) is 1. The molecule has 7 nitrogen and oxygen atoms in total. The van der Waals surface area contributed by atoms with Crippen molar-refractivity contribution in [3.05, 3.63) is 30.6 Å². The lowest BCUT2D eigenvalue weighted by molar-refractivity contribution is 0.143. The van der Waals surface area contributed by atoms with E-state index >= 15 is 0 Å². The maximum atomic E-state index is 12.5. The second-order valence-corrected chi connectivity index (χ2v) is 6.03. The van der Waals surface area contributed by atoms with Gasteiger partial charge in [-0.2, -0.15) is 0 Å². The number of carbonyl (C=O) groups is 1. The van der Waals surface area contributed by atoms with E-state index in [1.54, 1.807) is 11.2 Å². The van der Waals surface area contributed by atoms with Gasteiger partial charge in [-0.25, -0.2) is 4.79 Å². The molecule has 0 unspecified atom stereocenters. The molecule has 1 aliphatic heterocycles. The molecular weight excluding hydrogens is 306 g/mol. The number of aryl methyl sites for hydroxylation is 1. The topological polar surface area (TPSA) is 83.3 Å². The molecule has 1 aliphatic rings. The van der Waals surface area contributed by atoms with Crippen molar-refractivity contribution in [1.82, 2.24) is 19.7 Å². The van der Waals surface area contributed by atoms with Crippen LogP contribution in [0.5, 0.6) is 0 Å². The molecule has 1 fully saturated rings. The van der Waals surface area contributed by atoms with E-state index in [-0.39, 0.29) is 12.6 Å². The molecule has 0 aliphatic carbocycles. The van der Waals surface area contributed by atoms with Crippen LogP contribution in [-0.2, 0) is 6.54 Å². The minimum atomic E-state index is -0.110. The van der Waals surface area contributed by atoms with Crippen molar-refractivity contribution in [2.24, 2.45) is 5.92 Å². The fourth-order valence-electron chi connectivity index (χ4n) is 2.99. The van der Waals surface area contributed by atoms with Gasteiger partial charge >= 0.3 is 6.03 Å². The van der Waals surface area contributed by atoms with E-state index in [2.05, 4.69) is 15.5 Å². The third-order valence-electron chi connectivity index (χ3n) is 4.53. The Bertz CT molecular complexity index is 692. The second-order valence-electron chi connectivity index (χ2n) is 6.03. The summed E-state index contributed by atoms with van der Waals surface area (Å²) in [5.74, 6) is 1.05. The first-order chi connectivity index (χ1) is 11.7. The summed E-state index contributed by atoms with van der Waals surface area (Å²) in [6.07, 6.45) is 3.37. The zero-order valence-electron chi connectivity index (χ0n) is 13.9. The largest absolute Gasteiger partial charge is 0.396 e. The van der Waals surface area contributed by atoms with E-state index in [9.17, 15) is 9.90 Å². The van der Waals surface area contributed by atoms with Gasteiger partial charge in [-0.3, -0.25) is 0 Å². The number of carbonyl (C=O) groups excluding carboxylic acids is 1. The molecule has 24 heavy (non-hydrogen) atoms. The molecule has 0 saturated carbocycles. The highest BCUT2D eigenvalue weighted by molar-refractivity contribution is 5.93. The predicted octanol–water partition coefficient (Wildman–Crippen LogP) is 2.20. The molecule has 1 aromatic heterocycles. The fraction of sp³-hybridized carbons (Fsp3) is 0.471. The number of anilines is 1. The van der Waals surface area contributed by atoms with Gasteiger partial charge in [0.25, 0.3) is 0 Å². The van der Waals surface area contributed by atoms with Crippen LogP contribution in [0.4, 0.5) is 10.5 Å². The van der Waals surface area contributed by atoms with Gasteiger partial charge < -0.3 is 19.9 Å². The van der Waals surface area contributed by atoms with Gasteiger partial charge in [-0.1, -0.05) is 12.1 Å². The highest BCUT2D eigenvalue weighted by Crippen LogP contribution is 2.27. The Hall–Kier alpha value is -2.41. The number of benzene rings is 1. The number of piperidine rings is 1. The molecular formula is C17H23N5O2. The molecule has 3 rings (SSSR count). The lowest BCUT2D eigenvalue weighted by Gasteiger charge is -2.31. The molecule has 2 heterocycles. The first-order valence-electron chi connectivity index (χ1n) is 8.37. The summed E-state index contributed by atoms with van der Waals surface area (Å²) < 4.78 is 1.94. The van der Waals surface area contributed by atoms with Crippen molar-refractivity contribution in [2.75, 3.05) is 25.0 Å². The number of para-hydroxylation sites is 1. The number of hydrogen-bond acceptors (Lipinski definition) is 4. The van der Waals surface area contributed by atoms with E-state index in [1.165, 1.54) is 0 Å². The molecule has 2 aromatic rings. The maximum absolute atomic E-state index is 12.5. The van der Waals surface area contributed by atoms with Crippen LogP contribution in [0.25, 0.3) is 11.4 Å². The summed E-state index contributed by atoms with van der Waals surface area (Å²) in [5.41, 5.74) is 1.59. The Labute approximate surface area is 141 Å². The Morgan fingerprint density at radius 3 is 2.79 bits per heavy atom. The minimum Gasteiger partial charge on any atom is -0.396 e. The molecule has 0 bridgehead atoms. The van der Waals surface area contributed by atoms with Crippen LogP contribution in [0.15, 0.2) is 30.6 Å². The van der Waals surface area contributed by atoms with Crippen LogP contribution < -0.4 is 5.32 Å². The first-order valence-corrected chi connectivity index (χ1v) is 8.37. The van der Waals surface area contributed by atoms with Gasteiger partial charge in [0, 0.05) is 31.8 Å². The van der Waals surface area contributed by atoms with Crippen molar-refractivity contribution in [2.45, 2.75) is 26.3 Å². The normalized spacial score (nSPS) is 15.5. The molecule has 1 saturated heterocycles. The summed E-state index contributed by atoms with van der Waals surface area (Å²) in [4.78, 5) is 14.3. The highest BCUT2D eigenvalue weighted by Gasteiger charge is 2.23. The molecule has 0 atom stereocenters. The summed E-state index contributed by atoms with van der Waals surface area (Å²) in [7, 11) is 0. The zero-order valence-corrected chi connectivity index (χ0v) is 13.9. The molecule has 1 aromatic carbocycles. The first kappa shape index (κ1) is 16.4. The smallest absolute Gasteiger partial charge is 0.321 e. The van der Waals surface area contributed by atoms with E-state index in [4.69, 9.17) is 0 Å². The number of hydrogen-bond donors (Lipinski definition) is 2. The van der Waals surface area contributed by atoms with Crippen molar-refractivity contribution >= 4 is 11.7 Å². The van der Waals surface area contributed by atoms with E-state index in [1.807, 2.05) is 35.8 Å². The van der Waals surface area contributed by atoms with Crippen LogP contribution in [0, 0.1) is 5.92 Å². The van der Waals surface area contributed by atoms with Crippen molar-refractivity contribution in [3.8, 4) is 11.4 Å². The number of aromatic nitrogens is 3. The molecule has 7 heteroatoms. The predicted molar refractivity (Wildman–Crippen MR) is 91.5 cm³/mol. The Morgan fingerprint density at radius 2 is 2.08 bits per heavy atom. The Balaban J connectivity index is 1.75. The van der Waals surface area contributed by atoms with Gasteiger partial charge in [0.1, 0.15) is 6.33 Å². The molecule has 0 radical (unpaired) electrons. The number of rotatable bonds is 4. The van der Waals surface area contributed by atoms with E-state index in [0.29, 0.717) is 19.0 Å². The van der Waals surface area contributed by atoms with Crippen molar-refractivity contribution in [1.29, 1.82) is 0 Å². The average molecular weight is 329 g/mol. The minimum absolute atomic E-state index is 0.110. The number of aliphatic hydroxyl groups is 1. The van der Waals surface area contributed by atoms with Gasteiger partial charge in [0.15, 0.2) is 5.82 Å². The average Bonchev–Trinajstić information content (AvgIpc) is 3.10. The van der Waals surface area contributed by atoms with Crippen LogP contribution in [-0.4, -0.2) is 50.5 Å². The summed E-state index contributed by atoms with van der Waals surface area (Å²) in [5, 5.41) is 20.3.